The second-order valence-corrected chi connectivity index (χ2v) is 6.18. The molecule has 0 saturated heterocycles. The number of benzene rings is 2. The number of rotatable bonds is 0. The van der Waals surface area contributed by atoms with Crippen molar-refractivity contribution in [3.05, 3.63) is 97.1 Å². The predicted molar refractivity (Wildman–Crippen MR) is 105 cm³/mol. The third-order valence-corrected chi connectivity index (χ3v) is 4.87. The molecule has 24 heavy (non-hydrogen) atoms. The highest BCUT2D eigenvalue weighted by molar-refractivity contribution is 6.25. The molecule has 0 aliphatic rings. The molecule has 5 aromatic carbocycles. The van der Waals surface area contributed by atoms with Gasteiger partial charge in [0.1, 0.15) is 0 Å². The van der Waals surface area contributed by atoms with E-state index in [0.717, 1.165) is 0 Å². The van der Waals surface area contributed by atoms with Crippen molar-refractivity contribution in [2.75, 3.05) is 0 Å². The molecule has 0 heteroatoms. The zero-order chi connectivity index (χ0) is 15.9. The second kappa shape index (κ2) is 5.21. The molecule has 0 spiro atoms. The molecule has 5 rings (SSSR count). The Bertz CT molecular complexity index is 1050. The molecule has 0 aliphatic carbocycles. The number of hydrogen-bond donors (Lipinski definition) is 0. The SMILES string of the molecule is c1ccc2c(c1)c1ccccc2c2ccccc1c1ccccc12. The molecule has 4 bridgehead atoms. The maximum Gasteiger partial charge on any atom is -0.00990 e. The number of fused-ring (bicyclic) bond motifs is 2. The van der Waals surface area contributed by atoms with Crippen molar-refractivity contribution in [1.29, 1.82) is 0 Å². The van der Waals surface area contributed by atoms with Crippen LogP contribution in [0.15, 0.2) is 97.1 Å². The lowest BCUT2D eigenvalue weighted by Gasteiger charge is -2.09. The monoisotopic (exact) mass is 304 g/mol. The summed E-state index contributed by atoms with van der Waals surface area (Å²) in [6.45, 7) is 0. The second-order valence-electron chi connectivity index (χ2n) is 6.18. The Morgan fingerprint density at radius 1 is 0.208 bits per heavy atom. The summed E-state index contributed by atoms with van der Waals surface area (Å²) in [5.74, 6) is 0. The van der Waals surface area contributed by atoms with Crippen molar-refractivity contribution >= 4 is 43.1 Å². The minimum absolute atomic E-state index is 1.28. The molecule has 0 N–H and O–H groups in total. The van der Waals surface area contributed by atoms with E-state index >= 15 is 0 Å². The van der Waals surface area contributed by atoms with Crippen LogP contribution in [0.2, 0.25) is 0 Å². The maximum absolute atomic E-state index is 2.24. The van der Waals surface area contributed by atoms with Gasteiger partial charge in [0, 0.05) is 0 Å². The normalized spacial score (nSPS) is 11.3. The molecule has 0 heterocycles. The molecule has 0 unspecified atom stereocenters. The summed E-state index contributed by atoms with van der Waals surface area (Å²) in [6, 6.07) is 35.0. The molecule has 0 saturated carbocycles. The van der Waals surface area contributed by atoms with Gasteiger partial charge in [-0.2, -0.15) is 0 Å². The average Bonchev–Trinajstić information content (AvgIpc) is 2.59. The molecule has 112 valence electrons. The first-order chi connectivity index (χ1) is 11.9. The number of hydrogen-bond acceptors (Lipinski definition) is 0. The van der Waals surface area contributed by atoms with E-state index in [9.17, 15) is 0 Å². The molecule has 0 radical (unpaired) electrons. The largest absolute Gasteiger partial charge is 0.0616 e. The lowest BCUT2D eigenvalue weighted by Crippen LogP contribution is -1.81. The fourth-order valence-electron chi connectivity index (χ4n) is 3.81. The van der Waals surface area contributed by atoms with Crippen LogP contribution in [0.4, 0.5) is 0 Å². The molecule has 0 atom stereocenters. The maximum atomic E-state index is 2.24. The zero-order valence-electron chi connectivity index (χ0n) is 13.2. The minimum atomic E-state index is 1.28. The van der Waals surface area contributed by atoms with Crippen LogP contribution < -0.4 is 0 Å². The highest BCUT2D eigenvalue weighted by atomic mass is 14.1. The van der Waals surface area contributed by atoms with E-state index in [0.29, 0.717) is 0 Å². The first-order valence-corrected chi connectivity index (χ1v) is 8.31. The van der Waals surface area contributed by atoms with Crippen molar-refractivity contribution in [3.63, 3.8) is 0 Å². The van der Waals surface area contributed by atoms with E-state index in [-0.39, 0.29) is 0 Å². The van der Waals surface area contributed by atoms with Crippen molar-refractivity contribution < 1.29 is 0 Å². The van der Waals surface area contributed by atoms with E-state index < -0.39 is 0 Å². The first-order valence-electron chi connectivity index (χ1n) is 8.31. The summed E-state index contributed by atoms with van der Waals surface area (Å²) in [4.78, 5) is 0. The van der Waals surface area contributed by atoms with Gasteiger partial charge in [-0.15, -0.1) is 0 Å². The van der Waals surface area contributed by atoms with E-state index in [1.165, 1.54) is 43.1 Å². The standard InChI is InChI=1S/C24H16/c1-2-10-18-17(9-1)21-13-5-6-14-22(18)24-16-8-7-15-23(21)19-11-3-4-12-20(19)24/h1-16H. The smallest absolute Gasteiger partial charge is 0.00990 e. The van der Waals surface area contributed by atoms with E-state index in [2.05, 4.69) is 97.1 Å². The van der Waals surface area contributed by atoms with E-state index in [1.54, 1.807) is 0 Å². The molecule has 0 fully saturated rings. The van der Waals surface area contributed by atoms with Gasteiger partial charge < -0.3 is 0 Å². The molecular formula is C24H16. The third kappa shape index (κ3) is 1.87. The minimum Gasteiger partial charge on any atom is -0.0616 e. The Morgan fingerprint density at radius 2 is 0.333 bits per heavy atom. The van der Waals surface area contributed by atoms with Crippen LogP contribution in [0.5, 0.6) is 0 Å². The highest BCUT2D eigenvalue weighted by Crippen LogP contribution is 2.34. The summed E-state index contributed by atoms with van der Waals surface area (Å²) in [7, 11) is 0. The van der Waals surface area contributed by atoms with Crippen LogP contribution in [0.3, 0.4) is 0 Å². The Labute approximate surface area is 140 Å². The van der Waals surface area contributed by atoms with Gasteiger partial charge in [0.2, 0.25) is 0 Å². The molecular weight excluding hydrogens is 288 g/mol. The fourth-order valence-corrected chi connectivity index (χ4v) is 3.81. The zero-order valence-corrected chi connectivity index (χ0v) is 13.2. The topological polar surface area (TPSA) is 0 Å². The van der Waals surface area contributed by atoms with Crippen LogP contribution in [0, 0.1) is 0 Å². The van der Waals surface area contributed by atoms with Crippen LogP contribution in [0.25, 0.3) is 43.1 Å². The summed E-state index contributed by atoms with van der Waals surface area (Å²) in [5.41, 5.74) is 0. The van der Waals surface area contributed by atoms with Gasteiger partial charge in [-0.1, -0.05) is 97.1 Å². The Morgan fingerprint density at radius 3 is 0.458 bits per heavy atom. The highest BCUT2D eigenvalue weighted by Gasteiger charge is 2.06. The first kappa shape index (κ1) is 13.3. The van der Waals surface area contributed by atoms with Gasteiger partial charge in [-0.05, 0) is 43.1 Å². The summed E-state index contributed by atoms with van der Waals surface area (Å²) in [6.07, 6.45) is 0. The molecule has 5 aromatic rings. The lowest BCUT2D eigenvalue weighted by molar-refractivity contribution is 1.77. The predicted octanol–water partition coefficient (Wildman–Crippen LogP) is 6.86. The van der Waals surface area contributed by atoms with Crippen LogP contribution in [-0.4, -0.2) is 0 Å². The van der Waals surface area contributed by atoms with Crippen LogP contribution in [0.1, 0.15) is 0 Å². The van der Waals surface area contributed by atoms with Gasteiger partial charge in [-0.3, -0.25) is 0 Å². The Balaban J connectivity index is 2.39. The van der Waals surface area contributed by atoms with Gasteiger partial charge in [0.05, 0.1) is 0 Å². The molecule has 0 aliphatic heterocycles. The van der Waals surface area contributed by atoms with Gasteiger partial charge in [-0.25, -0.2) is 0 Å². The molecule has 0 nitrogen and oxygen atoms in total. The summed E-state index contributed by atoms with van der Waals surface area (Å²) in [5, 5.41) is 10.3. The van der Waals surface area contributed by atoms with Crippen LogP contribution >= 0.6 is 0 Å². The van der Waals surface area contributed by atoms with Gasteiger partial charge >= 0.3 is 0 Å². The van der Waals surface area contributed by atoms with Gasteiger partial charge in [0.25, 0.3) is 0 Å². The lowest BCUT2D eigenvalue weighted by atomic mass is 9.95. The van der Waals surface area contributed by atoms with Crippen molar-refractivity contribution in [1.82, 2.24) is 0 Å². The Kier molecular flexibility index (Phi) is 2.89. The van der Waals surface area contributed by atoms with E-state index in [1.807, 2.05) is 0 Å². The van der Waals surface area contributed by atoms with E-state index in [4.69, 9.17) is 0 Å². The summed E-state index contributed by atoms with van der Waals surface area (Å²) >= 11 is 0. The van der Waals surface area contributed by atoms with Crippen molar-refractivity contribution in [3.8, 4) is 0 Å². The average molecular weight is 304 g/mol. The van der Waals surface area contributed by atoms with Crippen molar-refractivity contribution in [2.24, 2.45) is 0 Å². The third-order valence-electron chi connectivity index (χ3n) is 4.87. The molecule has 0 amide bonds. The summed E-state index contributed by atoms with van der Waals surface area (Å²) < 4.78 is 0. The molecule has 0 aromatic heterocycles. The Hall–Kier alpha value is -3.12. The quantitative estimate of drug-likeness (QED) is 0.293. The fraction of sp³-hybridized carbons (Fsp3) is 0. The van der Waals surface area contributed by atoms with Gasteiger partial charge in [0.15, 0.2) is 0 Å². The van der Waals surface area contributed by atoms with Crippen LogP contribution in [-0.2, 0) is 0 Å². The van der Waals surface area contributed by atoms with Crippen molar-refractivity contribution in [2.45, 2.75) is 0 Å².